The van der Waals surface area contributed by atoms with Crippen molar-refractivity contribution in [1.29, 1.82) is 0 Å². The standard InChI is InChI=1S/C19H34N4O2S/c1-6-20-19(21-14-15-26(24,25)23(7-2)8-3)22-17(5)16(4)18-12-10-9-11-13-18/h9-13,16-17H,6-8,14-15H2,1-5H3,(H2,20,21,22). The van der Waals surface area contributed by atoms with Crippen LogP contribution in [-0.4, -0.2) is 56.7 Å². The van der Waals surface area contributed by atoms with Crippen LogP contribution in [0.15, 0.2) is 35.3 Å². The van der Waals surface area contributed by atoms with E-state index in [-0.39, 0.29) is 18.3 Å². The molecule has 0 saturated heterocycles. The van der Waals surface area contributed by atoms with Crippen LogP contribution in [0.2, 0.25) is 0 Å². The van der Waals surface area contributed by atoms with E-state index in [1.54, 1.807) is 0 Å². The summed E-state index contributed by atoms with van der Waals surface area (Å²) in [6, 6.07) is 10.5. The predicted octanol–water partition coefficient (Wildman–Crippen LogP) is 2.41. The zero-order valence-corrected chi connectivity index (χ0v) is 17.5. The molecule has 0 aliphatic heterocycles. The van der Waals surface area contributed by atoms with Crippen molar-refractivity contribution in [2.45, 2.75) is 46.6 Å². The summed E-state index contributed by atoms with van der Waals surface area (Å²) in [4.78, 5) is 4.45. The number of sulfonamides is 1. The molecule has 0 saturated carbocycles. The Labute approximate surface area is 159 Å². The van der Waals surface area contributed by atoms with E-state index in [2.05, 4.69) is 41.6 Å². The van der Waals surface area contributed by atoms with E-state index in [0.717, 1.165) is 6.54 Å². The van der Waals surface area contributed by atoms with Gasteiger partial charge in [-0.2, -0.15) is 0 Å². The van der Waals surface area contributed by atoms with Crippen molar-refractivity contribution in [2.24, 2.45) is 4.99 Å². The Hall–Kier alpha value is -1.60. The molecule has 0 fully saturated rings. The van der Waals surface area contributed by atoms with Gasteiger partial charge in [0.25, 0.3) is 0 Å². The summed E-state index contributed by atoms with van der Waals surface area (Å²) in [5, 5.41) is 6.58. The second-order valence-electron chi connectivity index (χ2n) is 6.29. The molecule has 7 heteroatoms. The zero-order chi connectivity index (χ0) is 19.6. The third-order valence-electron chi connectivity index (χ3n) is 4.50. The molecule has 1 aromatic rings. The Morgan fingerprint density at radius 3 is 2.27 bits per heavy atom. The van der Waals surface area contributed by atoms with E-state index in [4.69, 9.17) is 0 Å². The van der Waals surface area contributed by atoms with E-state index in [1.807, 2.05) is 39.0 Å². The van der Waals surface area contributed by atoms with Crippen molar-refractivity contribution < 1.29 is 8.42 Å². The van der Waals surface area contributed by atoms with Crippen LogP contribution in [0.3, 0.4) is 0 Å². The van der Waals surface area contributed by atoms with Gasteiger partial charge in [-0.3, -0.25) is 4.99 Å². The monoisotopic (exact) mass is 382 g/mol. The van der Waals surface area contributed by atoms with Crippen molar-refractivity contribution >= 4 is 16.0 Å². The van der Waals surface area contributed by atoms with Crippen molar-refractivity contribution in [3.05, 3.63) is 35.9 Å². The maximum atomic E-state index is 12.3. The summed E-state index contributed by atoms with van der Waals surface area (Å²) < 4.78 is 26.0. The third-order valence-corrected chi connectivity index (χ3v) is 6.50. The van der Waals surface area contributed by atoms with Crippen molar-refractivity contribution in [3.63, 3.8) is 0 Å². The minimum Gasteiger partial charge on any atom is -0.357 e. The first-order chi connectivity index (χ1) is 12.4. The highest BCUT2D eigenvalue weighted by molar-refractivity contribution is 7.89. The van der Waals surface area contributed by atoms with Gasteiger partial charge in [-0.15, -0.1) is 0 Å². The fourth-order valence-electron chi connectivity index (χ4n) is 2.72. The lowest BCUT2D eigenvalue weighted by molar-refractivity contribution is 0.445. The SMILES string of the molecule is CCNC(=NCCS(=O)(=O)N(CC)CC)NC(C)C(C)c1ccccc1. The molecule has 6 nitrogen and oxygen atoms in total. The van der Waals surface area contributed by atoms with Gasteiger partial charge in [0.1, 0.15) is 0 Å². The number of rotatable bonds is 10. The molecule has 0 aromatic heterocycles. The fraction of sp³-hybridized carbons (Fsp3) is 0.632. The largest absolute Gasteiger partial charge is 0.357 e. The fourth-order valence-corrected chi connectivity index (χ4v) is 4.09. The maximum absolute atomic E-state index is 12.3. The second-order valence-corrected chi connectivity index (χ2v) is 8.38. The molecule has 0 aliphatic rings. The normalized spacial score (nSPS) is 14.9. The molecule has 26 heavy (non-hydrogen) atoms. The lowest BCUT2D eigenvalue weighted by Crippen LogP contribution is -2.44. The molecule has 0 amide bonds. The van der Waals surface area contributed by atoms with Crippen LogP contribution < -0.4 is 10.6 Å². The summed E-state index contributed by atoms with van der Waals surface area (Å²) in [6.07, 6.45) is 0. The van der Waals surface area contributed by atoms with Gasteiger partial charge >= 0.3 is 0 Å². The van der Waals surface area contributed by atoms with Gasteiger partial charge in [-0.25, -0.2) is 12.7 Å². The third kappa shape index (κ3) is 6.96. The molecule has 2 unspecified atom stereocenters. The molecule has 148 valence electrons. The average molecular weight is 383 g/mol. The molecule has 0 aliphatic carbocycles. The predicted molar refractivity (Wildman–Crippen MR) is 110 cm³/mol. The van der Waals surface area contributed by atoms with Gasteiger partial charge in [0.2, 0.25) is 10.0 Å². The number of hydrogen-bond acceptors (Lipinski definition) is 3. The van der Waals surface area contributed by atoms with Crippen molar-refractivity contribution in [1.82, 2.24) is 14.9 Å². The molecule has 2 N–H and O–H groups in total. The van der Waals surface area contributed by atoms with Crippen LogP contribution in [0.4, 0.5) is 0 Å². The quantitative estimate of drug-likeness (QED) is 0.481. The first-order valence-corrected chi connectivity index (χ1v) is 11.0. The maximum Gasteiger partial charge on any atom is 0.215 e. The molecule has 0 heterocycles. The Bertz CT molecular complexity index is 643. The summed E-state index contributed by atoms with van der Waals surface area (Å²) in [5.41, 5.74) is 1.26. The molecular weight excluding hydrogens is 348 g/mol. The first-order valence-electron chi connectivity index (χ1n) is 9.43. The number of benzene rings is 1. The van der Waals surface area contributed by atoms with Crippen LogP contribution in [-0.2, 0) is 10.0 Å². The highest BCUT2D eigenvalue weighted by Crippen LogP contribution is 2.18. The lowest BCUT2D eigenvalue weighted by Gasteiger charge is -2.24. The zero-order valence-electron chi connectivity index (χ0n) is 16.7. The van der Waals surface area contributed by atoms with E-state index >= 15 is 0 Å². The average Bonchev–Trinajstić information content (AvgIpc) is 2.62. The highest BCUT2D eigenvalue weighted by Gasteiger charge is 2.19. The summed E-state index contributed by atoms with van der Waals surface area (Å²) in [6.45, 7) is 11.9. The summed E-state index contributed by atoms with van der Waals surface area (Å²) in [5.74, 6) is 0.977. The van der Waals surface area contributed by atoms with Gasteiger partial charge in [-0.1, -0.05) is 51.1 Å². The van der Waals surface area contributed by atoms with Gasteiger partial charge in [0.15, 0.2) is 5.96 Å². The van der Waals surface area contributed by atoms with Crippen LogP contribution in [0.5, 0.6) is 0 Å². The summed E-state index contributed by atoms with van der Waals surface area (Å²) >= 11 is 0. The van der Waals surface area contributed by atoms with E-state index in [0.29, 0.717) is 25.0 Å². The Kier molecular flexibility index (Phi) is 9.65. The number of nitrogens with one attached hydrogen (secondary N) is 2. The molecule has 0 bridgehead atoms. The minimum absolute atomic E-state index is 0.0217. The molecule has 1 rings (SSSR count). The van der Waals surface area contributed by atoms with Crippen LogP contribution in [0.1, 0.15) is 46.1 Å². The van der Waals surface area contributed by atoms with Crippen molar-refractivity contribution in [3.8, 4) is 0 Å². The van der Waals surface area contributed by atoms with Gasteiger partial charge in [0.05, 0.1) is 12.3 Å². The number of hydrogen-bond donors (Lipinski definition) is 2. The lowest BCUT2D eigenvalue weighted by atomic mass is 9.94. The Balaban J connectivity index is 2.71. The van der Waals surface area contributed by atoms with Gasteiger partial charge < -0.3 is 10.6 Å². The molecule has 1 aromatic carbocycles. The number of nitrogens with zero attached hydrogens (tertiary/aromatic N) is 2. The molecular formula is C19H34N4O2S. The molecule has 0 radical (unpaired) electrons. The van der Waals surface area contributed by atoms with Crippen LogP contribution >= 0.6 is 0 Å². The van der Waals surface area contributed by atoms with E-state index in [1.165, 1.54) is 9.87 Å². The molecule has 2 atom stereocenters. The Morgan fingerprint density at radius 1 is 1.12 bits per heavy atom. The van der Waals surface area contributed by atoms with E-state index in [9.17, 15) is 8.42 Å². The number of aliphatic imine (C=N–C) groups is 1. The van der Waals surface area contributed by atoms with Crippen LogP contribution in [0.25, 0.3) is 0 Å². The Morgan fingerprint density at radius 2 is 1.73 bits per heavy atom. The van der Waals surface area contributed by atoms with Gasteiger partial charge in [-0.05, 0) is 19.4 Å². The topological polar surface area (TPSA) is 73.8 Å². The highest BCUT2D eigenvalue weighted by atomic mass is 32.2. The second kappa shape index (κ2) is 11.2. The van der Waals surface area contributed by atoms with E-state index < -0.39 is 10.0 Å². The van der Waals surface area contributed by atoms with Crippen molar-refractivity contribution in [2.75, 3.05) is 31.9 Å². The van der Waals surface area contributed by atoms with Gasteiger partial charge in [0, 0.05) is 31.6 Å². The minimum atomic E-state index is -3.25. The first kappa shape index (κ1) is 22.4. The molecule has 0 spiro atoms. The summed E-state index contributed by atoms with van der Waals surface area (Å²) in [7, 11) is -3.25. The smallest absolute Gasteiger partial charge is 0.215 e. The van der Waals surface area contributed by atoms with Crippen LogP contribution in [0, 0.1) is 0 Å². The number of guanidine groups is 1.